The Kier molecular flexibility index (Phi) is 8.09. The first-order chi connectivity index (χ1) is 10.1. The van der Waals surface area contributed by atoms with Crippen molar-refractivity contribution in [3.8, 4) is 0 Å². The van der Waals surface area contributed by atoms with E-state index in [0.717, 1.165) is 30.2 Å². The Morgan fingerprint density at radius 2 is 1.57 bits per heavy atom. The molecular weight excluding hydrogens is 260 g/mol. The van der Waals surface area contributed by atoms with Gasteiger partial charge in [0.1, 0.15) is 5.82 Å². The molecule has 0 aromatic carbocycles. The number of hydrogen-bond donors (Lipinski definition) is 1. The third-order valence-electron chi connectivity index (χ3n) is 4.08. The summed E-state index contributed by atoms with van der Waals surface area (Å²) in [6.07, 6.45) is 10.2. The number of rotatable bonds is 10. The maximum absolute atomic E-state index is 6.12. The number of aromatic nitrogens is 2. The zero-order valence-electron chi connectivity index (χ0n) is 14.3. The first-order valence-corrected chi connectivity index (χ1v) is 8.44. The minimum absolute atomic E-state index is 0.656. The molecule has 0 saturated heterocycles. The van der Waals surface area contributed by atoms with Gasteiger partial charge in [0.15, 0.2) is 0 Å². The number of nitrogens with zero attached hydrogens (tertiary/aromatic N) is 3. The first-order valence-electron chi connectivity index (χ1n) is 8.44. The summed E-state index contributed by atoms with van der Waals surface area (Å²) >= 11 is 0. The van der Waals surface area contributed by atoms with Crippen LogP contribution in [0.25, 0.3) is 0 Å². The molecule has 1 rings (SSSR count). The lowest BCUT2D eigenvalue weighted by Gasteiger charge is -2.17. The van der Waals surface area contributed by atoms with E-state index in [0.29, 0.717) is 5.82 Å². The maximum atomic E-state index is 6.12. The number of nitrogen functional groups attached to an aromatic ring is 1. The van der Waals surface area contributed by atoms with E-state index in [9.17, 15) is 0 Å². The number of aryl methyl sites for hydroxylation is 1. The van der Waals surface area contributed by atoms with Crippen LogP contribution in [0.15, 0.2) is 0 Å². The Morgan fingerprint density at radius 3 is 2.14 bits per heavy atom. The molecule has 0 atom stereocenters. The van der Waals surface area contributed by atoms with Crippen molar-refractivity contribution >= 4 is 11.8 Å². The van der Waals surface area contributed by atoms with Crippen LogP contribution in [0.1, 0.15) is 70.1 Å². The molecule has 0 unspecified atom stereocenters. The molecule has 0 saturated carbocycles. The number of unbranched alkanes of at least 4 members (excludes halogenated alkanes) is 6. The summed E-state index contributed by atoms with van der Waals surface area (Å²) in [4.78, 5) is 11.0. The van der Waals surface area contributed by atoms with Crippen LogP contribution >= 0.6 is 0 Å². The van der Waals surface area contributed by atoms with E-state index in [4.69, 9.17) is 5.73 Å². The highest BCUT2D eigenvalue weighted by Gasteiger charge is 2.11. The van der Waals surface area contributed by atoms with Crippen LogP contribution < -0.4 is 10.6 Å². The van der Waals surface area contributed by atoms with Gasteiger partial charge in [0.05, 0.1) is 0 Å². The molecule has 0 aliphatic heterocycles. The van der Waals surface area contributed by atoms with Crippen molar-refractivity contribution in [3.63, 3.8) is 0 Å². The zero-order valence-corrected chi connectivity index (χ0v) is 14.3. The molecule has 1 aromatic heterocycles. The predicted octanol–water partition coefficient (Wildman–Crippen LogP) is 4.12. The summed E-state index contributed by atoms with van der Waals surface area (Å²) in [5.74, 6) is 1.39. The Balaban J connectivity index is 2.45. The van der Waals surface area contributed by atoms with Gasteiger partial charge >= 0.3 is 0 Å². The van der Waals surface area contributed by atoms with Gasteiger partial charge in [0, 0.05) is 24.8 Å². The predicted molar refractivity (Wildman–Crippen MR) is 91.8 cm³/mol. The fourth-order valence-electron chi connectivity index (χ4n) is 2.48. The van der Waals surface area contributed by atoms with Crippen LogP contribution in [0.2, 0.25) is 0 Å². The van der Waals surface area contributed by atoms with E-state index >= 15 is 0 Å². The van der Waals surface area contributed by atoms with Gasteiger partial charge in [-0.3, -0.25) is 0 Å². The number of anilines is 2. The standard InChI is InChI=1S/C17H32N4/c1-5-7-8-9-10-11-12-13-15-14(3)19-17(20-16(15)18)21(4)6-2/h5-13H2,1-4H3,(H2,18,19,20). The van der Waals surface area contributed by atoms with E-state index in [1.165, 1.54) is 44.9 Å². The Morgan fingerprint density at radius 1 is 0.952 bits per heavy atom. The zero-order chi connectivity index (χ0) is 15.7. The lowest BCUT2D eigenvalue weighted by molar-refractivity contribution is 0.588. The third-order valence-corrected chi connectivity index (χ3v) is 4.08. The number of nitrogens with two attached hydrogens (primary N) is 1. The fourth-order valence-corrected chi connectivity index (χ4v) is 2.48. The number of hydrogen-bond acceptors (Lipinski definition) is 4. The molecule has 0 fully saturated rings. The normalized spacial score (nSPS) is 10.9. The lowest BCUT2D eigenvalue weighted by Crippen LogP contribution is -2.20. The van der Waals surface area contributed by atoms with Gasteiger partial charge in [0.25, 0.3) is 0 Å². The molecule has 4 heteroatoms. The highest BCUT2D eigenvalue weighted by atomic mass is 15.2. The maximum Gasteiger partial charge on any atom is 0.227 e. The minimum Gasteiger partial charge on any atom is -0.383 e. The Labute approximate surface area is 130 Å². The van der Waals surface area contributed by atoms with Gasteiger partial charge in [0.2, 0.25) is 5.95 Å². The molecule has 1 heterocycles. The molecule has 0 amide bonds. The molecule has 2 N–H and O–H groups in total. The molecule has 0 spiro atoms. The van der Waals surface area contributed by atoms with Crippen LogP contribution in [0.5, 0.6) is 0 Å². The topological polar surface area (TPSA) is 55.0 Å². The molecule has 0 aliphatic carbocycles. The van der Waals surface area contributed by atoms with Crippen molar-refractivity contribution in [1.29, 1.82) is 0 Å². The highest BCUT2D eigenvalue weighted by molar-refractivity contribution is 5.47. The summed E-state index contributed by atoms with van der Waals surface area (Å²) in [5.41, 5.74) is 8.28. The molecule has 4 nitrogen and oxygen atoms in total. The molecule has 1 aromatic rings. The summed E-state index contributed by atoms with van der Waals surface area (Å²) in [6.45, 7) is 7.27. The van der Waals surface area contributed by atoms with Crippen molar-refractivity contribution < 1.29 is 0 Å². The second-order valence-electron chi connectivity index (χ2n) is 5.86. The van der Waals surface area contributed by atoms with E-state index < -0.39 is 0 Å². The Bertz CT molecular complexity index is 394. The van der Waals surface area contributed by atoms with Crippen LogP contribution in [-0.2, 0) is 6.42 Å². The summed E-state index contributed by atoms with van der Waals surface area (Å²) < 4.78 is 0. The van der Waals surface area contributed by atoms with Crippen molar-refractivity contribution in [3.05, 3.63) is 11.3 Å². The first kappa shape index (κ1) is 17.7. The molecule has 0 bridgehead atoms. The Hall–Kier alpha value is -1.32. The van der Waals surface area contributed by atoms with Crippen LogP contribution in [0.4, 0.5) is 11.8 Å². The van der Waals surface area contributed by atoms with Crippen molar-refractivity contribution in [2.75, 3.05) is 24.2 Å². The van der Waals surface area contributed by atoms with Crippen molar-refractivity contribution in [1.82, 2.24) is 9.97 Å². The van der Waals surface area contributed by atoms with E-state index in [-0.39, 0.29) is 0 Å². The van der Waals surface area contributed by atoms with Gasteiger partial charge in [-0.15, -0.1) is 0 Å². The summed E-state index contributed by atoms with van der Waals surface area (Å²) in [6, 6.07) is 0. The molecule has 0 aliphatic rings. The summed E-state index contributed by atoms with van der Waals surface area (Å²) in [5, 5.41) is 0. The second-order valence-corrected chi connectivity index (χ2v) is 5.86. The molecular formula is C17H32N4. The van der Waals surface area contributed by atoms with Crippen LogP contribution in [0, 0.1) is 6.92 Å². The monoisotopic (exact) mass is 292 g/mol. The lowest BCUT2D eigenvalue weighted by atomic mass is 10.0. The van der Waals surface area contributed by atoms with Crippen LogP contribution in [-0.4, -0.2) is 23.6 Å². The van der Waals surface area contributed by atoms with Gasteiger partial charge < -0.3 is 10.6 Å². The van der Waals surface area contributed by atoms with E-state index in [1.54, 1.807) is 0 Å². The second kappa shape index (κ2) is 9.59. The molecule has 120 valence electrons. The smallest absolute Gasteiger partial charge is 0.227 e. The van der Waals surface area contributed by atoms with Gasteiger partial charge in [-0.05, 0) is 26.7 Å². The summed E-state index contributed by atoms with van der Waals surface area (Å²) in [7, 11) is 1.99. The molecule has 21 heavy (non-hydrogen) atoms. The quantitative estimate of drug-likeness (QED) is 0.659. The van der Waals surface area contributed by atoms with E-state index in [2.05, 4.69) is 23.8 Å². The third kappa shape index (κ3) is 5.90. The van der Waals surface area contributed by atoms with Crippen molar-refractivity contribution in [2.45, 2.75) is 72.1 Å². The largest absolute Gasteiger partial charge is 0.383 e. The highest BCUT2D eigenvalue weighted by Crippen LogP contribution is 2.20. The SMILES string of the molecule is CCCCCCCCCc1c(C)nc(N(C)CC)nc1N. The fraction of sp³-hybridized carbons (Fsp3) is 0.765. The minimum atomic E-state index is 0.656. The average molecular weight is 292 g/mol. The van der Waals surface area contributed by atoms with Crippen molar-refractivity contribution in [2.24, 2.45) is 0 Å². The average Bonchev–Trinajstić information content (AvgIpc) is 2.47. The van der Waals surface area contributed by atoms with Gasteiger partial charge in [-0.2, -0.15) is 4.98 Å². The molecule has 0 radical (unpaired) electrons. The van der Waals surface area contributed by atoms with Gasteiger partial charge in [-0.25, -0.2) is 4.98 Å². The van der Waals surface area contributed by atoms with Crippen LogP contribution in [0.3, 0.4) is 0 Å². The van der Waals surface area contributed by atoms with Gasteiger partial charge in [-0.1, -0.05) is 45.4 Å². The van der Waals surface area contributed by atoms with E-state index in [1.807, 2.05) is 18.9 Å².